The Bertz CT molecular complexity index is 639. The molecule has 0 fully saturated rings. The van der Waals surface area contributed by atoms with Crippen molar-refractivity contribution in [3.05, 3.63) is 56.7 Å². The Morgan fingerprint density at radius 1 is 1.32 bits per heavy atom. The first-order valence-electron chi connectivity index (χ1n) is 5.41. The second kappa shape index (κ2) is 6.32. The summed E-state index contributed by atoms with van der Waals surface area (Å²) in [5, 5.41) is 13.6. The molecule has 1 heterocycles. The Morgan fingerprint density at radius 3 is 2.63 bits per heavy atom. The largest absolute Gasteiger partial charge is 0.321 e. The average Bonchev–Trinajstić information content (AvgIpc) is 2.91. The van der Waals surface area contributed by atoms with Crippen LogP contribution in [0, 0.1) is 11.3 Å². The van der Waals surface area contributed by atoms with Crippen molar-refractivity contribution in [2.45, 2.75) is 0 Å². The minimum absolute atomic E-state index is 0.0883. The number of thiophene rings is 1. The van der Waals surface area contributed by atoms with Gasteiger partial charge in [0, 0.05) is 15.0 Å². The molecule has 0 aliphatic heterocycles. The number of nitrogens with one attached hydrogen (secondary N) is 1. The quantitative estimate of drug-likeness (QED) is 0.680. The Kier molecular flexibility index (Phi) is 4.50. The highest BCUT2D eigenvalue weighted by molar-refractivity contribution is 9.10. The number of rotatable bonds is 3. The third-order valence-electron chi connectivity index (χ3n) is 2.30. The topological polar surface area (TPSA) is 52.9 Å². The molecule has 94 valence electrons. The zero-order valence-corrected chi connectivity index (χ0v) is 12.2. The Morgan fingerprint density at radius 2 is 2.05 bits per heavy atom. The molecule has 0 atom stereocenters. The number of carbonyl (C=O) groups is 1. The van der Waals surface area contributed by atoms with E-state index in [4.69, 9.17) is 5.26 Å². The zero-order chi connectivity index (χ0) is 13.7. The fourth-order valence-corrected chi connectivity index (χ4v) is 2.32. The molecular formula is C14H9BrN2OS. The van der Waals surface area contributed by atoms with E-state index in [1.165, 1.54) is 11.3 Å². The smallest absolute Gasteiger partial charge is 0.266 e. The van der Waals surface area contributed by atoms with Gasteiger partial charge in [-0.15, -0.1) is 11.3 Å². The molecule has 0 radical (unpaired) electrons. The number of nitrogens with zero attached hydrogens (tertiary/aromatic N) is 1. The van der Waals surface area contributed by atoms with Crippen molar-refractivity contribution in [2.75, 3.05) is 5.32 Å². The van der Waals surface area contributed by atoms with Crippen molar-refractivity contribution in [2.24, 2.45) is 0 Å². The maximum absolute atomic E-state index is 11.9. The molecule has 0 spiro atoms. The van der Waals surface area contributed by atoms with Gasteiger partial charge in [-0.25, -0.2) is 0 Å². The summed E-state index contributed by atoms with van der Waals surface area (Å²) in [6.45, 7) is 0. The van der Waals surface area contributed by atoms with Crippen molar-refractivity contribution < 1.29 is 4.79 Å². The fourth-order valence-electron chi connectivity index (χ4n) is 1.40. The van der Waals surface area contributed by atoms with Gasteiger partial charge in [0.1, 0.15) is 11.6 Å². The van der Waals surface area contributed by atoms with E-state index in [0.717, 1.165) is 9.35 Å². The van der Waals surface area contributed by atoms with Gasteiger partial charge < -0.3 is 5.32 Å². The van der Waals surface area contributed by atoms with Gasteiger partial charge in [-0.3, -0.25) is 4.79 Å². The third kappa shape index (κ3) is 3.78. The van der Waals surface area contributed by atoms with Crippen LogP contribution in [0.3, 0.4) is 0 Å². The van der Waals surface area contributed by atoms with Gasteiger partial charge in [0.15, 0.2) is 0 Å². The molecule has 3 nitrogen and oxygen atoms in total. The molecule has 2 rings (SSSR count). The minimum atomic E-state index is -0.404. The highest BCUT2D eigenvalue weighted by Crippen LogP contribution is 2.17. The number of halogens is 1. The first kappa shape index (κ1) is 13.5. The van der Waals surface area contributed by atoms with Crippen LogP contribution in [0.1, 0.15) is 4.88 Å². The summed E-state index contributed by atoms with van der Waals surface area (Å²) in [6, 6.07) is 12.8. The number of anilines is 1. The van der Waals surface area contributed by atoms with E-state index >= 15 is 0 Å². The molecule has 0 unspecified atom stereocenters. The molecule has 5 heteroatoms. The fraction of sp³-hybridized carbons (Fsp3) is 0. The van der Waals surface area contributed by atoms with Crippen molar-refractivity contribution in [1.82, 2.24) is 0 Å². The Labute approximate surface area is 123 Å². The predicted molar refractivity (Wildman–Crippen MR) is 80.7 cm³/mol. The minimum Gasteiger partial charge on any atom is -0.321 e. The van der Waals surface area contributed by atoms with Crippen LogP contribution >= 0.6 is 27.3 Å². The summed E-state index contributed by atoms with van der Waals surface area (Å²) in [7, 11) is 0. The van der Waals surface area contributed by atoms with Crippen LogP contribution in [-0.4, -0.2) is 5.91 Å². The first-order valence-corrected chi connectivity index (χ1v) is 7.08. The van der Waals surface area contributed by atoms with Gasteiger partial charge in [0.25, 0.3) is 5.91 Å². The van der Waals surface area contributed by atoms with Crippen LogP contribution in [0.15, 0.2) is 51.8 Å². The number of nitriles is 1. The van der Waals surface area contributed by atoms with Crippen molar-refractivity contribution in [3.63, 3.8) is 0 Å². The third-order valence-corrected chi connectivity index (χ3v) is 3.64. The molecule has 1 amide bonds. The summed E-state index contributed by atoms with van der Waals surface area (Å²) in [5.41, 5.74) is 0.742. The van der Waals surface area contributed by atoms with Crippen LogP contribution < -0.4 is 5.32 Å². The molecule has 0 saturated heterocycles. The molecule has 1 aromatic carbocycles. The summed E-state index contributed by atoms with van der Waals surface area (Å²) >= 11 is 4.80. The van der Waals surface area contributed by atoms with Crippen molar-refractivity contribution in [1.29, 1.82) is 5.26 Å². The molecule has 0 bridgehead atoms. The van der Waals surface area contributed by atoms with Gasteiger partial charge in [-0.2, -0.15) is 5.26 Å². The maximum Gasteiger partial charge on any atom is 0.266 e. The van der Waals surface area contributed by atoms with E-state index in [1.807, 2.05) is 35.7 Å². The first-order chi connectivity index (χ1) is 9.19. The normalized spacial score (nSPS) is 10.8. The summed E-state index contributed by atoms with van der Waals surface area (Å²) in [6.07, 6.45) is 1.58. The van der Waals surface area contributed by atoms with Gasteiger partial charge in [0.2, 0.25) is 0 Å². The summed E-state index contributed by atoms with van der Waals surface area (Å²) < 4.78 is 0.931. The summed E-state index contributed by atoms with van der Waals surface area (Å²) in [5.74, 6) is -0.404. The number of amides is 1. The second-order valence-electron chi connectivity index (χ2n) is 3.65. The molecule has 0 aliphatic rings. The molecule has 1 aromatic heterocycles. The average molecular weight is 333 g/mol. The molecular weight excluding hydrogens is 324 g/mol. The maximum atomic E-state index is 11.9. The number of carbonyl (C=O) groups excluding carboxylic acids is 1. The second-order valence-corrected chi connectivity index (χ2v) is 5.54. The van der Waals surface area contributed by atoms with Crippen molar-refractivity contribution >= 4 is 44.9 Å². The standard InChI is InChI=1S/C14H9BrN2OS/c15-11-3-5-12(6-4-11)17-14(18)10(9-16)8-13-2-1-7-19-13/h1-8H,(H,17,18)/b10-8-. The van der Waals surface area contributed by atoms with Crippen LogP contribution in [0.2, 0.25) is 0 Å². The lowest BCUT2D eigenvalue weighted by atomic mass is 10.2. The number of hydrogen-bond acceptors (Lipinski definition) is 3. The van der Waals surface area contributed by atoms with E-state index < -0.39 is 5.91 Å². The van der Waals surface area contributed by atoms with Gasteiger partial charge in [0.05, 0.1) is 0 Å². The SMILES string of the molecule is N#C/C(=C/c1cccs1)C(=O)Nc1ccc(Br)cc1. The lowest BCUT2D eigenvalue weighted by Gasteiger charge is -2.03. The zero-order valence-electron chi connectivity index (χ0n) is 9.76. The Balaban J connectivity index is 2.14. The van der Waals surface area contributed by atoms with E-state index in [2.05, 4.69) is 21.2 Å². The van der Waals surface area contributed by atoms with Crippen molar-refractivity contribution in [3.8, 4) is 6.07 Å². The molecule has 0 saturated carbocycles. The summed E-state index contributed by atoms with van der Waals surface area (Å²) in [4.78, 5) is 12.8. The monoisotopic (exact) mass is 332 g/mol. The molecule has 0 aliphatic carbocycles. The van der Waals surface area contributed by atoms with Gasteiger partial charge >= 0.3 is 0 Å². The molecule has 1 N–H and O–H groups in total. The van der Waals surface area contributed by atoms with E-state index in [9.17, 15) is 4.79 Å². The van der Waals surface area contributed by atoms with Crippen LogP contribution in [0.5, 0.6) is 0 Å². The Hall–Kier alpha value is -1.90. The van der Waals surface area contributed by atoms with Crippen LogP contribution in [0.4, 0.5) is 5.69 Å². The number of hydrogen-bond donors (Lipinski definition) is 1. The van der Waals surface area contributed by atoms with Gasteiger partial charge in [-0.1, -0.05) is 22.0 Å². The van der Waals surface area contributed by atoms with E-state index in [0.29, 0.717) is 5.69 Å². The van der Waals surface area contributed by atoms with Crippen LogP contribution in [0.25, 0.3) is 6.08 Å². The van der Waals surface area contributed by atoms with E-state index in [-0.39, 0.29) is 5.57 Å². The lowest BCUT2D eigenvalue weighted by molar-refractivity contribution is -0.112. The highest BCUT2D eigenvalue weighted by atomic mass is 79.9. The number of benzene rings is 1. The lowest BCUT2D eigenvalue weighted by Crippen LogP contribution is -2.13. The van der Waals surface area contributed by atoms with Crippen LogP contribution in [-0.2, 0) is 4.79 Å². The highest BCUT2D eigenvalue weighted by Gasteiger charge is 2.09. The molecule has 19 heavy (non-hydrogen) atoms. The molecule has 2 aromatic rings. The predicted octanol–water partition coefficient (Wildman–Crippen LogP) is 4.06. The van der Waals surface area contributed by atoms with Gasteiger partial charge in [-0.05, 0) is 41.8 Å². The van der Waals surface area contributed by atoms with E-state index in [1.54, 1.807) is 18.2 Å².